The minimum Gasteiger partial charge on any atom is -0.460 e. The molecule has 3 unspecified atom stereocenters. The number of carbonyl (C=O) groups is 2. The number of benzene rings is 2. The Bertz CT molecular complexity index is 1400. The first-order chi connectivity index (χ1) is 18.7. The van der Waals surface area contributed by atoms with E-state index in [-0.39, 0.29) is 24.4 Å². The standard InChI is InChI=1S/C31H36BrN3O3S/c1-20-27(21(2)36)28(25-18-39-29-24(25)11-8-12-26(29)32)31(22(3)33-20,19-35-15-13-34(4)14-16-35)30(37)38-17-23-9-6-5-7-10-23/h5-12,18,22,28,33H,13-17,19H2,1-4H3. The zero-order chi connectivity index (χ0) is 27.7. The number of thiophene rings is 1. The van der Waals surface area contributed by atoms with Gasteiger partial charge in [-0.1, -0.05) is 42.5 Å². The van der Waals surface area contributed by atoms with E-state index in [1.165, 1.54) is 0 Å². The van der Waals surface area contributed by atoms with E-state index in [9.17, 15) is 9.59 Å². The second-order valence-corrected chi connectivity index (χ2v) is 12.6. The minimum absolute atomic E-state index is 0.0233. The van der Waals surface area contributed by atoms with Crippen LogP contribution in [-0.2, 0) is 20.9 Å². The number of halogens is 1. The van der Waals surface area contributed by atoms with E-state index in [0.717, 1.165) is 57.6 Å². The molecular weight excluding hydrogens is 574 g/mol. The molecule has 1 N–H and O–H groups in total. The van der Waals surface area contributed by atoms with E-state index in [0.29, 0.717) is 12.1 Å². The van der Waals surface area contributed by atoms with Crippen molar-refractivity contribution in [1.29, 1.82) is 0 Å². The van der Waals surface area contributed by atoms with Crippen LogP contribution in [0.3, 0.4) is 0 Å². The SMILES string of the molecule is CC(=O)C1=C(C)NC(C)C(CN2CCN(C)CC2)(C(=O)OCc2ccccc2)C1c1csc2c(Br)cccc12. The van der Waals surface area contributed by atoms with Gasteiger partial charge in [0.2, 0.25) is 0 Å². The lowest BCUT2D eigenvalue weighted by atomic mass is 9.61. The van der Waals surface area contributed by atoms with Gasteiger partial charge in [0.15, 0.2) is 5.78 Å². The van der Waals surface area contributed by atoms with Crippen LogP contribution in [0.2, 0.25) is 0 Å². The lowest BCUT2D eigenvalue weighted by Crippen LogP contribution is -2.62. The van der Waals surface area contributed by atoms with Gasteiger partial charge in [0.05, 0.1) is 0 Å². The molecule has 0 spiro atoms. The summed E-state index contributed by atoms with van der Waals surface area (Å²) in [7, 11) is 2.13. The number of likely N-dealkylation sites (N-methyl/N-ethyl adjacent to an activating group) is 1. The molecule has 6 nitrogen and oxygen atoms in total. The third kappa shape index (κ3) is 5.32. The van der Waals surface area contributed by atoms with Gasteiger partial charge in [-0.05, 0) is 71.7 Å². The molecule has 0 amide bonds. The summed E-state index contributed by atoms with van der Waals surface area (Å²) in [6.45, 7) is 9.92. The van der Waals surface area contributed by atoms with Gasteiger partial charge in [0.1, 0.15) is 12.0 Å². The first-order valence-corrected chi connectivity index (χ1v) is 15.2. The van der Waals surface area contributed by atoms with Crippen LogP contribution in [0.1, 0.15) is 37.8 Å². The Morgan fingerprint density at radius 1 is 1.10 bits per heavy atom. The van der Waals surface area contributed by atoms with Crippen LogP contribution < -0.4 is 5.32 Å². The molecule has 0 radical (unpaired) electrons. The Hall–Kier alpha value is -2.52. The highest BCUT2D eigenvalue weighted by atomic mass is 79.9. The quantitative estimate of drug-likeness (QED) is 0.353. The normalized spacial score (nSPS) is 24.5. The fourth-order valence-corrected chi connectivity index (χ4v) is 7.89. The minimum atomic E-state index is -1.01. The van der Waals surface area contributed by atoms with Crippen molar-refractivity contribution in [2.24, 2.45) is 5.41 Å². The van der Waals surface area contributed by atoms with E-state index in [1.54, 1.807) is 18.3 Å². The predicted octanol–water partition coefficient (Wildman–Crippen LogP) is 5.58. The predicted molar refractivity (Wildman–Crippen MR) is 161 cm³/mol. The van der Waals surface area contributed by atoms with Crippen molar-refractivity contribution < 1.29 is 14.3 Å². The van der Waals surface area contributed by atoms with Crippen molar-refractivity contribution in [3.8, 4) is 0 Å². The van der Waals surface area contributed by atoms with Crippen molar-refractivity contribution in [3.63, 3.8) is 0 Å². The number of hydrogen-bond donors (Lipinski definition) is 1. The number of hydrogen-bond acceptors (Lipinski definition) is 7. The molecule has 0 aliphatic carbocycles. The molecule has 3 heterocycles. The van der Waals surface area contributed by atoms with Crippen molar-refractivity contribution in [2.45, 2.75) is 39.3 Å². The third-order valence-electron chi connectivity index (χ3n) is 8.36. The highest BCUT2D eigenvalue weighted by Crippen LogP contribution is 2.52. The van der Waals surface area contributed by atoms with Crippen LogP contribution in [0.4, 0.5) is 0 Å². The molecule has 3 atom stereocenters. The van der Waals surface area contributed by atoms with Crippen LogP contribution in [-0.4, -0.2) is 67.4 Å². The topological polar surface area (TPSA) is 61.9 Å². The van der Waals surface area contributed by atoms with Gasteiger partial charge in [-0.2, -0.15) is 0 Å². The lowest BCUT2D eigenvalue weighted by Gasteiger charge is -2.50. The van der Waals surface area contributed by atoms with Crippen molar-refractivity contribution in [1.82, 2.24) is 15.1 Å². The van der Waals surface area contributed by atoms with Gasteiger partial charge in [0.25, 0.3) is 0 Å². The third-order valence-corrected chi connectivity index (χ3v) is 10.3. The number of nitrogens with one attached hydrogen (secondary N) is 1. The fourth-order valence-electron chi connectivity index (χ4n) is 6.24. The Morgan fingerprint density at radius 2 is 1.82 bits per heavy atom. The Balaban J connectivity index is 1.68. The highest BCUT2D eigenvalue weighted by molar-refractivity contribution is 9.10. The maximum absolute atomic E-state index is 14.6. The van der Waals surface area contributed by atoms with E-state index >= 15 is 0 Å². The molecular formula is C31H36BrN3O3S. The maximum atomic E-state index is 14.6. The number of esters is 1. The molecule has 2 aliphatic heterocycles. The first kappa shape index (κ1) is 28.0. The van der Waals surface area contributed by atoms with E-state index in [2.05, 4.69) is 56.5 Å². The molecule has 1 aromatic heterocycles. The summed E-state index contributed by atoms with van der Waals surface area (Å²) in [4.78, 5) is 32.6. The second-order valence-electron chi connectivity index (χ2n) is 10.9. The number of allylic oxidation sites excluding steroid dienone is 2. The Labute approximate surface area is 243 Å². The first-order valence-electron chi connectivity index (χ1n) is 13.5. The molecule has 0 bridgehead atoms. The summed E-state index contributed by atoms with van der Waals surface area (Å²) >= 11 is 5.36. The fraction of sp³-hybridized carbons (Fsp3) is 0.419. The molecule has 2 aromatic carbocycles. The zero-order valence-corrected chi connectivity index (χ0v) is 25.4. The molecule has 2 aliphatic rings. The van der Waals surface area contributed by atoms with Crippen LogP contribution in [0.15, 0.2) is 69.7 Å². The van der Waals surface area contributed by atoms with Gasteiger partial charge in [-0.25, -0.2) is 0 Å². The summed E-state index contributed by atoms with van der Waals surface area (Å²) < 4.78 is 8.31. The van der Waals surface area contributed by atoms with Crippen molar-refractivity contribution in [3.05, 3.63) is 80.8 Å². The number of ether oxygens (including phenoxy) is 1. The van der Waals surface area contributed by atoms with Gasteiger partial charge in [-0.3, -0.25) is 14.5 Å². The average Bonchev–Trinajstić information content (AvgIpc) is 3.35. The Kier molecular flexibility index (Phi) is 8.29. The molecule has 8 heteroatoms. The summed E-state index contributed by atoms with van der Waals surface area (Å²) in [5.74, 6) is -0.738. The summed E-state index contributed by atoms with van der Waals surface area (Å²) in [6.07, 6.45) is 0. The zero-order valence-electron chi connectivity index (χ0n) is 23.0. The molecule has 5 rings (SSSR count). The molecule has 39 heavy (non-hydrogen) atoms. The van der Waals surface area contributed by atoms with Crippen LogP contribution >= 0.6 is 27.3 Å². The maximum Gasteiger partial charge on any atom is 0.316 e. The molecule has 1 fully saturated rings. The van der Waals surface area contributed by atoms with Gasteiger partial charge in [0, 0.05) is 65.1 Å². The number of Topliss-reactive ketones (excluding diaryl/α,β-unsaturated/α-hetero) is 1. The van der Waals surface area contributed by atoms with Crippen LogP contribution in [0.25, 0.3) is 10.1 Å². The number of nitrogens with zero attached hydrogens (tertiary/aromatic N) is 2. The summed E-state index contributed by atoms with van der Waals surface area (Å²) in [5.41, 5.74) is 2.44. The van der Waals surface area contributed by atoms with E-state index < -0.39 is 11.3 Å². The van der Waals surface area contributed by atoms with Gasteiger partial charge >= 0.3 is 5.97 Å². The van der Waals surface area contributed by atoms with Crippen LogP contribution in [0, 0.1) is 5.41 Å². The Morgan fingerprint density at radius 3 is 2.51 bits per heavy atom. The van der Waals surface area contributed by atoms with Gasteiger partial charge in [-0.15, -0.1) is 11.3 Å². The largest absolute Gasteiger partial charge is 0.460 e. The number of carbonyl (C=O) groups excluding carboxylic acids is 2. The molecule has 1 saturated heterocycles. The average molecular weight is 611 g/mol. The highest BCUT2D eigenvalue weighted by Gasteiger charge is 2.57. The monoisotopic (exact) mass is 609 g/mol. The number of ketones is 1. The smallest absolute Gasteiger partial charge is 0.316 e. The molecule has 3 aromatic rings. The van der Waals surface area contributed by atoms with E-state index in [1.807, 2.05) is 49.4 Å². The molecule has 206 valence electrons. The summed E-state index contributed by atoms with van der Waals surface area (Å²) in [6, 6.07) is 15.7. The summed E-state index contributed by atoms with van der Waals surface area (Å²) in [5, 5.41) is 6.75. The van der Waals surface area contributed by atoms with Crippen LogP contribution in [0.5, 0.6) is 0 Å². The lowest BCUT2D eigenvalue weighted by molar-refractivity contribution is -0.163. The van der Waals surface area contributed by atoms with E-state index in [4.69, 9.17) is 4.74 Å². The van der Waals surface area contributed by atoms with Crippen molar-refractivity contribution >= 4 is 49.1 Å². The number of rotatable bonds is 7. The second kappa shape index (κ2) is 11.5. The molecule has 0 saturated carbocycles. The van der Waals surface area contributed by atoms with Crippen molar-refractivity contribution in [2.75, 3.05) is 39.8 Å². The number of fused-ring (bicyclic) bond motifs is 1. The van der Waals surface area contributed by atoms with Gasteiger partial charge < -0.3 is 15.0 Å². The number of piperazine rings is 1.